The fourth-order valence-corrected chi connectivity index (χ4v) is 4.18. The van der Waals surface area contributed by atoms with Crippen LogP contribution in [0, 0.1) is 0 Å². The Morgan fingerprint density at radius 2 is 0.931 bits per heavy atom. The largest absolute Gasteiger partial charge is 0.378 e. The number of hydrogen-bond acceptors (Lipinski definition) is 3. The van der Waals surface area contributed by atoms with Crippen LogP contribution in [0.2, 0.25) is 0 Å². The van der Waals surface area contributed by atoms with Gasteiger partial charge in [-0.3, -0.25) is 9.80 Å². The van der Waals surface area contributed by atoms with E-state index in [1.807, 2.05) is 0 Å². The second-order valence-corrected chi connectivity index (χ2v) is 7.67. The van der Waals surface area contributed by atoms with Crippen molar-refractivity contribution in [2.45, 2.75) is 52.6 Å². The standard InChI is InChI=1S/C26H40N2O/c1-5-27(6-2)25(19-23-15-11-9-12-16-23)21-29-22-26(28(7-3)8-4)20-24-17-13-10-14-18-24/h9-18,25-26H,5-8,19-22H2,1-4H3. The zero-order valence-corrected chi connectivity index (χ0v) is 18.9. The van der Waals surface area contributed by atoms with E-state index in [9.17, 15) is 0 Å². The van der Waals surface area contributed by atoms with Crippen molar-refractivity contribution in [1.29, 1.82) is 0 Å². The topological polar surface area (TPSA) is 15.7 Å². The average molecular weight is 397 g/mol. The lowest BCUT2D eigenvalue weighted by Gasteiger charge is -2.33. The van der Waals surface area contributed by atoms with Gasteiger partial charge < -0.3 is 4.74 Å². The number of benzene rings is 2. The van der Waals surface area contributed by atoms with Gasteiger partial charge in [-0.15, -0.1) is 0 Å². The SMILES string of the molecule is CCN(CC)C(COCC(Cc1ccccc1)N(CC)CC)Cc1ccccc1. The van der Waals surface area contributed by atoms with Crippen LogP contribution < -0.4 is 0 Å². The molecule has 0 aromatic heterocycles. The van der Waals surface area contributed by atoms with Gasteiger partial charge in [-0.25, -0.2) is 0 Å². The Morgan fingerprint density at radius 1 is 0.586 bits per heavy atom. The quantitative estimate of drug-likeness (QED) is 0.451. The number of rotatable bonds is 14. The second-order valence-electron chi connectivity index (χ2n) is 7.67. The molecule has 2 aromatic rings. The summed E-state index contributed by atoms with van der Waals surface area (Å²) >= 11 is 0. The molecule has 0 N–H and O–H groups in total. The molecule has 0 aliphatic rings. The maximum atomic E-state index is 6.39. The highest BCUT2D eigenvalue weighted by atomic mass is 16.5. The van der Waals surface area contributed by atoms with E-state index < -0.39 is 0 Å². The first kappa shape index (κ1) is 23.6. The van der Waals surface area contributed by atoms with E-state index in [1.165, 1.54) is 11.1 Å². The summed E-state index contributed by atoms with van der Waals surface area (Å²) < 4.78 is 6.39. The molecule has 0 saturated heterocycles. The van der Waals surface area contributed by atoms with E-state index >= 15 is 0 Å². The molecule has 2 unspecified atom stereocenters. The number of likely N-dealkylation sites (N-methyl/N-ethyl adjacent to an activating group) is 2. The smallest absolute Gasteiger partial charge is 0.0625 e. The predicted molar refractivity (Wildman–Crippen MR) is 125 cm³/mol. The van der Waals surface area contributed by atoms with Gasteiger partial charge in [-0.05, 0) is 50.1 Å². The normalized spacial score (nSPS) is 13.7. The molecule has 2 aromatic carbocycles. The highest BCUT2D eigenvalue weighted by Crippen LogP contribution is 2.13. The molecule has 160 valence electrons. The Balaban J connectivity index is 2.00. The van der Waals surface area contributed by atoms with Crippen molar-refractivity contribution in [3.8, 4) is 0 Å². The minimum atomic E-state index is 0.418. The number of hydrogen-bond donors (Lipinski definition) is 0. The van der Waals surface area contributed by atoms with Crippen molar-refractivity contribution >= 4 is 0 Å². The summed E-state index contributed by atoms with van der Waals surface area (Å²) in [6, 6.07) is 22.4. The molecule has 29 heavy (non-hydrogen) atoms. The van der Waals surface area contributed by atoms with Crippen LogP contribution in [-0.2, 0) is 17.6 Å². The molecule has 0 amide bonds. The van der Waals surface area contributed by atoms with Gasteiger partial charge >= 0.3 is 0 Å². The first-order valence-electron chi connectivity index (χ1n) is 11.3. The zero-order chi connectivity index (χ0) is 20.9. The summed E-state index contributed by atoms with van der Waals surface area (Å²) in [6.07, 6.45) is 2.08. The van der Waals surface area contributed by atoms with Crippen LogP contribution in [0.15, 0.2) is 60.7 Å². The van der Waals surface area contributed by atoms with Crippen LogP contribution >= 0.6 is 0 Å². The Kier molecular flexibility index (Phi) is 11.0. The summed E-state index contributed by atoms with van der Waals surface area (Å²) in [5.41, 5.74) is 2.77. The van der Waals surface area contributed by atoms with Gasteiger partial charge in [0, 0.05) is 12.1 Å². The average Bonchev–Trinajstić information content (AvgIpc) is 2.76. The molecular formula is C26H40N2O. The molecular weight excluding hydrogens is 356 g/mol. The first-order chi connectivity index (χ1) is 14.2. The lowest BCUT2D eigenvalue weighted by Crippen LogP contribution is -2.43. The van der Waals surface area contributed by atoms with E-state index in [4.69, 9.17) is 4.74 Å². The molecule has 0 radical (unpaired) electrons. The number of ether oxygens (including phenoxy) is 1. The fraction of sp³-hybridized carbons (Fsp3) is 0.538. The van der Waals surface area contributed by atoms with Gasteiger partial charge in [0.25, 0.3) is 0 Å². The van der Waals surface area contributed by atoms with E-state index in [2.05, 4.69) is 98.2 Å². The van der Waals surface area contributed by atoms with Gasteiger partial charge in [-0.1, -0.05) is 88.4 Å². The highest BCUT2D eigenvalue weighted by molar-refractivity contribution is 5.17. The molecule has 0 heterocycles. The summed E-state index contributed by atoms with van der Waals surface area (Å²) in [6.45, 7) is 14.8. The summed E-state index contributed by atoms with van der Waals surface area (Å²) in [5, 5.41) is 0. The molecule has 0 aliphatic heterocycles. The third-order valence-corrected chi connectivity index (χ3v) is 5.91. The van der Waals surface area contributed by atoms with Gasteiger partial charge in [0.1, 0.15) is 0 Å². The minimum absolute atomic E-state index is 0.418. The minimum Gasteiger partial charge on any atom is -0.378 e. The van der Waals surface area contributed by atoms with Gasteiger partial charge in [0.2, 0.25) is 0 Å². The van der Waals surface area contributed by atoms with Crippen LogP contribution in [0.1, 0.15) is 38.8 Å². The summed E-state index contributed by atoms with van der Waals surface area (Å²) in [7, 11) is 0. The Labute approximate surface area is 178 Å². The number of nitrogens with zero attached hydrogens (tertiary/aromatic N) is 2. The molecule has 0 aliphatic carbocycles. The Bertz CT molecular complexity index is 581. The summed E-state index contributed by atoms with van der Waals surface area (Å²) in [5.74, 6) is 0. The van der Waals surface area contributed by atoms with Crippen molar-refractivity contribution in [2.24, 2.45) is 0 Å². The van der Waals surface area contributed by atoms with Crippen LogP contribution in [0.5, 0.6) is 0 Å². The third-order valence-electron chi connectivity index (χ3n) is 5.91. The van der Waals surface area contributed by atoms with Crippen molar-refractivity contribution in [1.82, 2.24) is 9.80 Å². The van der Waals surface area contributed by atoms with Gasteiger partial charge in [0.05, 0.1) is 13.2 Å². The molecule has 2 rings (SSSR count). The molecule has 0 bridgehead atoms. The van der Waals surface area contributed by atoms with Crippen LogP contribution in [0.4, 0.5) is 0 Å². The van der Waals surface area contributed by atoms with Crippen molar-refractivity contribution in [3.63, 3.8) is 0 Å². The van der Waals surface area contributed by atoms with Crippen molar-refractivity contribution < 1.29 is 4.74 Å². The van der Waals surface area contributed by atoms with Crippen LogP contribution in [0.3, 0.4) is 0 Å². The summed E-state index contributed by atoms with van der Waals surface area (Å²) in [4.78, 5) is 5.05. The third kappa shape index (κ3) is 7.93. The molecule has 0 saturated carbocycles. The Hall–Kier alpha value is -1.68. The fourth-order valence-electron chi connectivity index (χ4n) is 4.18. The van der Waals surface area contributed by atoms with Crippen LogP contribution in [0.25, 0.3) is 0 Å². The van der Waals surface area contributed by atoms with Gasteiger partial charge in [-0.2, -0.15) is 0 Å². The highest BCUT2D eigenvalue weighted by Gasteiger charge is 2.20. The van der Waals surface area contributed by atoms with Crippen molar-refractivity contribution in [3.05, 3.63) is 71.8 Å². The molecule has 3 heteroatoms. The lowest BCUT2D eigenvalue weighted by molar-refractivity contribution is 0.0260. The monoisotopic (exact) mass is 396 g/mol. The Morgan fingerprint density at radius 3 is 1.24 bits per heavy atom. The second kappa shape index (κ2) is 13.5. The van der Waals surface area contributed by atoms with Crippen molar-refractivity contribution in [2.75, 3.05) is 39.4 Å². The molecule has 0 spiro atoms. The van der Waals surface area contributed by atoms with E-state index in [0.29, 0.717) is 12.1 Å². The maximum absolute atomic E-state index is 6.39. The molecule has 2 atom stereocenters. The van der Waals surface area contributed by atoms with E-state index in [-0.39, 0.29) is 0 Å². The van der Waals surface area contributed by atoms with E-state index in [1.54, 1.807) is 0 Å². The zero-order valence-electron chi connectivity index (χ0n) is 18.9. The lowest BCUT2D eigenvalue weighted by atomic mass is 10.0. The predicted octanol–water partition coefficient (Wildman–Crippen LogP) is 4.91. The van der Waals surface area contributed by atoms with Crippen LogP contribution in [-0.4, -0.2) is 61.3 Å². The molecule has 0 fully saturated rings. The van der Waals surface area contributed by atoms with Gasteiger partial charge in [0.15, 0.2) is 0 Å². The first-order valence-corrected chi connectivity index (χ1v) is 11.3. The molecule has 3 nitrogen and oxygen atoms in total. The maximum Gasteiger partial charge on any atom is 0.0625 e. The van der Waals surface area contributed by atoms with E-state index in [0.717, 1.165) is 52.2 Å².